The number of nitrogens with one attached hydrogen (secondary N) is 2. The van der Waals surface area contributed by atoms with E-state index in [2.05, 4.69) is 46.8 Å². The first-order valence-corrected chi connectivity index (χ1v) is 10.5. The normalized spacial score (nSPS) is 11.8. The number of aliphatic imine (C=N–C) groups is 1. The smallest absolute Gasteiger partial charge is 0.250 e. The van der Waals surface area contributed by atoms with Crippen LogP contribution in [0.25, 0.3) is 0 Å². The van der Waals surface area contributed by atoms with Gasteiger partial charge < -0.3 is 15.2 Å². The molecule has 2 aromatic heterocycles. The predicted octanol–water partition coefficient (Wildman–Crippen LogP) is 3.27. The third kappa shape index (κ3) is 6.82. The van der Waals surface area contributed by atoms with Crippen molar-refractivity contribution in [1.82, 2.24) is 20.2 Å². The van der Waals surface area contributed by atoms with E-state index in [0.717, 1.165) is 54.8 Å². The molecule has 0 aliphatic heterocycles. The van der Waals surface area contributed by atoms with Crippen LogP contribution in [0.3, 0.4) is 0 Å². The summed E-state index contributed by atoms with van der Waals surface area (Å²) in [5.41, 5.74) is 2.21. The van der Waals surface area contributed by atoms with Crippen molar-refractivity contribution in [2.75, 3.05) is 13.1 Å². The van der Waals surface area contributed by atoms with Crippen molar-refractivity contribution in [3.63, 3.8) is 0 Å². The molecule has 0 aromatic carbocycles. The van der Waals surface area contributed by atoms with Gasteiger partial charge in [0.1, 0.15) is 5.01 Å². The second-order valence-corrected chi connectivity index (χ2v) is 7.75. The fraction of sp³-hybridized carbons (Fsp3) is 0.550. The van der Waals surface area contributed by atoms with E-state index in [1.165, 1.54) is 0 Å². The molecule has 27 heavy (non-hydrogen) atoms. The summed E-state index contributed by atoms with van der Waals surface area (Å²) >= 11 is 1.66. The number of aromatic nitrogens is 2. The maximum atomic E-state index is 11.9. The Hall–Kier alpha value is -2.15. The van der Waals surface area contributed by atoms with E-state index in [4.69, 9.17) is 0 Å². The highest BCUT2D eigenvalue weighted by Crippen LogP contribution is 2.18. The first kappa shape index (κ1) is 21.2. The van der Waals surface area contributed by atoms with Gasteiger partial charge in [-0.1, -0.05) is 19.9 Å². The van der Waals surface area contributed by atoms with Crippen LogP contribution in [0.15, 0.2) is 33.4 Å². The van der Waals surface area contributed by atoms with Gasteiger partial charge in [0, 0.05) is 36.8 Å². The molecule has 0 spiro atoms. The zero-order chi connectivity index (χ0) is 19.6. The molecule has 0 unspecified atom stereocenters. The van der Waals surface area contributed by atoms with Gasteiger partial charge in [-0.2, -0.15) is 0 Å². The highest BCUT2D eigenvalue weighted by molar-refractivity contribution is 7.09. The molecule has 0 amide bonds. The number of thiazole rings is 1. The summed E-state index contributed by atoms with van der Waals surface area (Å²) in [4.78, 5) is 21.1. The maximum Gasteiger partial charge on any atom is 0.250 e. The van der Waals surface area contributed by atoms with Crippen LogP contribution >= 0.6 is 11.3 Å². The first-order chi connectivity index (χ1) is 13.0. The van der Waals surface area contributed by atoms with E-state index in [0.29, 0.717) is 12.5 Å². The van der Waals surface area contributed by atoms with Crippen LogP contribution in [0.1, 0.15) is 55.9 Å². The largest absolute Gasteiger partial charge is 0.357 e. The Bertz CT molecular complexity index is 794. The van der Waals surface area contributed by atoms with Crippen molar-refractivity contribution in [2.45, 2.75) is 59.5 Å². The molecule has 0 aliphatic carbocycles. The lowest BCUT2D eigenvalue weighted by Crippen LogP contribution is -2.37. The molecule has 2 N–H and O–H groups in total. The number of rotatable bonds is 9. The molecule has 2 heterocycles. The number of hydrogen-bond acceptors (Lipinski definition) is 4. The highest BCUT2D eigenvalue weighted by Gasteiger charge is 2.06. The molecule has 0 aliphatic rings. The Morgan fingerprint density at radius 2 is 2.11 bits per heavy atom. The first-order valence-electron chi connectivity index (χ1n) is 9.64. The van der Waals surface area contributed by atoms with Gasteiger partial charge in [0.25, 0.3) is 5.56 Å². The van der Waals surface area contributed by atoms with E-state index >= 15 is 0 Å². The molecule has 2 aromatic rings. The minimum Gasteiger partial charge on any atom is -0.357 e. The lowest BCUT2D eigenvalue weighted by molar-refractivity contribution is 0.575. The molecular formula is C20H31N5OS. The quantitative estimate of drug-likeness (QED) is 0.392. The molecule has 7 heteroatoms. The summed E-state index contributed by atoms with van der Waals surface area (Å²) in [6.07, 6.45) is 1.92. The SMILES string of the molecule is CCNC(=NCc1nc(C(C)C)cs1)NCCCCn1c(C)cccc1=O. The number of hydrogen-bond donors (Lipinski definition) is 2. The van der Waals surface area contributed by atoms with Gasteiger partial charge in [-0.15, -0.1) is 11.3 Å². The molecule has 0 saturated heterocycles. The van der Waals surface area contributed by atoms with Gasteiger partial charge in [0.05, 0.1) is 12.2 Å². The summed E-state index contributed by atoms with van der Waals surface area (Å²) in [7, 11) is 0. The number of unbranched alkanes of at least 4 members (excludes halogenated alkanes) is 1. The standard InChI is InChI=1S/C20H31N5OS/c1-5-21-20(23-13-18-24-17(14-27-18)15(2)3)22-11-6-7-12-25-16(4)9-8-10-19(25)26/h8-10,14-15H,5-7,11-13H2,1-4H3,(H2,21,22,23). The van der Waals surface area contributed by atoms with Crippen molar-refractivity contribution in [3.8, 4) is 0 Å². The van der Waals surface area contributed by atoms with E-state index < -0.39 is 0 Å². The molecule has 148 valence electrons. The molecule has 0 radical (unpaired) electrons. The Morgan fingerprint density at radius 3 is 2.78 bits per heavy atom. The van der Waals surface area contributed by atoms with Crippen LogP contribution in [0.2, 0.25) is 0 Å². The molecule has 6 nitrogen and oxygen atoms in total. The van der Waals surface area contributed by atoms with E-state index in [1.54, 1.807) is 23.5 Å². The number of pyridine rings is 1. The van der Waals surface area contributed by atoms with Gasteiger partial charge in [-0.3, -0.25) is 4.79 Å². The second-order valence-electron chi connectivity index (χ2n) is 6.81. The van der Waals surface area contributed by atoms with Gasteiger partial charge >= 0.3 is 0 Å². The highest BCUT2D eigenvalue weighted by atomic mass is 32.1. The minimum atomic E-state index is 0.0714. The van der Waals surface area contributed by atoms with Crippen molar-refractivity contribution in [1.29, 1.82) is 0 Å². The summed E-state index contributed by atoms with van der Waals surface area (Å²) in [5, 5.41) is 9.79. The predicted molar refractivity (Wildman–Crippen MR) is 114 cm³/mol. The Balaban J connectivity index is 1.79. The van der Waals surface area contributed by atoms with Crippen LogP contribution in [-0.2, 0) is 13.1 Å². The molecule has 0 bridgehead atoms. The van der Waals surface area contributed by atoms with Crippen molar-refractivity contribution in [2.24, 2.45) is 4.99 Å². The Labute approximate surface area is 165 Å². The average Bonchev–Trinajstić information content (AvgIpc) is 3.11. The van der Waals surface area contributed by atoms with Crippen LogP contribution in [0.4, 0.5) is 0 Å². The zero-order valence-electron chi connectivity index (χ0n) is 16.8. The molecule has 0 saturated carbocycles. The fourth-order valence-corrected chi connectivity index (χ4v) is 3.54. The molecular weight excluding hydrogens is 358 g/mol. The van der Waals surface area contributed by atoms with Crippen molar-refractivity contribution < 1.29 is 0 Å². The van der Waals surface area contributed by atoms with E-state index in [-0.39, 0.29) is 5.56 Å². The number of nitrogens with zero attached hydrogens (tertiary/aromatic N) is 3. The topological polar surface area (TPSA) is 71.3 Å². The van der Waals surface area contributed by atoms with Gasteiger partial charge in [0.15, 0.2) is 5.96 Å². The number of aryl methyl sites for hydroxylation is 1. The number of guanidine groups is 1. The van der Waals surface area contributed by atoms with E-state index in [1.807, 2.05) is 17.6 Å². The van der Waals surface area contributed by atoms with Crippen LogP contribution < -0.4 is 16.2 Å². The zero-order valence-corrected chi connectivity index (χ0v) is 17.6. The van der Waals surface area contributed by atoms with Crippen LogP contribution in [0, 0.1) is 6.92 Å². The van der Waals surface area contributed by atoms with Gasteiger partial charge in [-0.05, 0) is 38.7 Å². The summed E-state index contributed by atoms with van der Waals surface area (Å²) < 4.78 is 1.83. The van der Waals surface area contributed by atoms with Crippen molar-refractivity contribution >= 4 is 17.3 Å². The third-order valence-corrected chi connectivity index (χ3v) is 5.10. The Morgan fingerprint density at radius 1 is 1.30 bits per heavy atom. The molecule has 2 rings (SSSR count). The average molecular weight is 390 g/mol. The summed E-state index contributed by atoms with van der Waals surface area (Å²) in [6, 6.07) is 5.39. The van der Waals surface area contributed by atoms with E-state index in [9.17, 15) is 4.79 Å². The van der Waals surface area contributed by atoms with Gasteiger partial charge in [0.2, 0.25) is 0 Å². The third-order valence-electron chi connectivity index (χ3n) is 4.25. The second kappa shape index (κ2) is 10.9. The molecule has 0 atom stereocenters. The lowest BCUT2D eigenvalue weighted by atomic mass is 10.2. The fourth-order valence-electron chi connectivity index (χ4n) is 2.66. The van der Waals surface area contributed by atoms with Crippen LogP contribution in [0.5, 0.6) is 0 Å². The lowest BCUT2D eigenvalue weighted by Gasteiger charge is -2.12. The summed E-state index contributed by atoms with van der Waals surface area (Å²) in [5.74, 6) is 1.26. The molecule has 0 fully saturated rings. The van der Waals surface area contributed by atoms with Crippen LogP contribution in [-0.4, -0.2) is 28.6 Å². The Kier molecular flexibility index (Phi) is 8.51. The minimum absolute atomic E-state index is 0.0714. The van der Waals surface area contributed by atoms with Gasteiger partial charge in [-0.25, -0.2) is 9.98 Å². The summed E-state index contributed by atoms with van der Waals surface area (Å²) in [6.45, 7) is 11.3. The maximum absolute atomic E-state index is 11.9. The van der Waals surface area contributed by atoms with Crippen molar-refractivity contribution in [3.05, 3.63) is 50.3 Å². The monoisotopic (exact) mass is 389 g/mol.